The molecule has 25 heavy (non-hydrogen) atoms. The van der Waals surface area contributed by atoms with Crippen molar-refractivity contribution in [3.05, 3.63) is 46.4 Å². The summed E-state index contributed by atoms with van der Waals surface area (Å²) in [4.78, 5) is 30.9. The average molecular weight is 358 g/mol. The van der Waals surface area contributed by atoms with Crippen LogP contribution >= 0.6 is 11.3 Å². The maximum absolute atomic E-state index is 12.4. The Balaban J connectivity index is 1.47. The second-order valence-corrected chi connectivity index (χ2v) is 7.11. The van der Waals surface area contributed by atoms with Crippen LogP contribution in [0.15, 0.2) is 35.8 Å². The zero-order valence-corrected chi connectivity index (χ0v) is 15.1. The van der Waals surface area contributed by atoms with Crippen LogP contribution in [0.1, 0.15) is 47.0 Å². The fourth-order valence-corrected chi connectivity index (χ4v) is 3.94. The van der Waals surface area contributed by atoms with Crippen molar-refractivity contribution >= 4 is 23.0 Å². The summed E-state index contributed by atoms with van der Waals surface area (Å²) in [6.45, 7) is 1.49. The quantitative estimate of drug-likeness (QED) is 0.741. The smallest absolute Gasteiger partial charge is 0.223 e. The van der Waals surface area contributed by atoms with Crippen molar-refractivity contribution in [2.75, 3.05) is 20.2 Å². The number of ether oxygens (including phenoxy) is 1. The number of hydrogen-bond acceptors (Lipinski definition) is 5. The molecule has 5 nitrogen and oxygen atoms in total. The molecular formula is C19H22N2O3S. The fourth-order valence-electron chi connectivity index (χ4n) is 3.13. The van der Waals surface area contributed by atoms with Crippen LogP contribution in [0, 0.1) is 0 Å². The van der Waals surface area contributed by atoms with E-state index in [-0.39, 0.29) is 24.5 Å². The van der Waals surface area contributed by atoms with E-state index in [9.17, 15) is 9.59 Å². The number of aromatic nitrogens is 1. The van der Waals surface area contributed by atoms with Crippen LogP contribution < -0.4 is 4.74 Å². The Kier molecular flexibility index (Phi) is 5.81. The van der Waals surface area contributed by atoms with Gasteiger partial charge >= 0.3 is 0 Å². The summed E-state index contributed by atoms with van der Waals surface area (Å²) in [7, 11) is 1.57. The first-order chi connectivity index (χ1) is 12.2. The third kappa shape index (κ3) is 4.45. The predicted molar refractivity (Wildman–Crippen MR) is 97.2 cm³/mol. The molecule has 1 aliphatic rings. The Bertz CT molecular complexity index is 722. The molecule has 0 radical (unpaired) electrons. The minimum absolute atomic E-state index is 0.0232. The highest BCUT2D eigenvalue weighted by Crippen LogP contribution is 2.29. The summed E-state index contributed by atoms with van der Waals surface area (Å²) in [5, 5.41) is 3.16. The molecule has 1 saturated heterocycles. The number of Topliss-reactive ketones (excluding diaryl/α,β-unsaturated/α-hetero) is 1. The van der Waals surface area contributed by atoms with Gasteiger partial charge in [0.25, 0.3) is 0 Å². The predicted octanol–water partition coefficient (Wildman–Crippen LogP) is 3.52. The zero-order chi connectivity index (χ0) is 17.6. The van der Waals surface area contributed by atoms with E-state index in [0.29, 0.717) is 17.2 Å². The number of piperidine rings is 1. The van der Waals surface area contributed by atoms with Crippen molar-refractivity contribution in [1.82, 2.24) is 9.88 Å². The van der Waals surface area contributed by atoms with Crippen LogP contribution in [-0.2, 0) is 4.79 Å². The lowest BCUT2D eigenvalue weighted by Gasteiger charge is -2.31. The third-order valence-electron chi connectivity index (χ3n) is 4.61. The molecule has 0 N–H and O–H groups in total. The van der Waals surface area contributed by atoms with Crippen molar-refractivity contribution in [2.24, 2.45) is 0 Å². The van der Waals surface area contributed by atoms with E-state index in [0.717, 1.165) is 25.9 Å². The van der Waals surface area contributed by atoms with Gasteiger partial charge in [-0.05, 0) is 25.0 Å². The molecule has 0 bridgehead atoms. The number of amides is 1. The summed E-state index contributed by atoms with van der Waals surface area (Å²) < 4.78 is 5.13. The molecule has 0 spiro atoms. The van der Waals surface area contributed by atoms with Crippen LogP contribution in [0.2, 0.25) is 0 Å². The first-order valence-corrected chi connectivity index (χ1v) is 9.39. The fraction of sp³-hybridized carbons (Fsp3) is 0.421. The van der Waals surface area contributed by atoms with Gasteiger partial charge in [-0.15, -0.1) is 11.3 Å². The first-order valence-electron chi connectivity index (χ1n) is 8.52. The Morgan fingerprint density at radius 1 is 1.28 bits per heavy atom. The Hall–Kier alpha value is -2.21. The lowest BCUT2D eigenvalue weighted by Crippen LogP contribution is -2.38. The van der Waals surface area contributed by atoms with Gasteiger partial charge in [-0.1, -0.05) is 12.1 Å². The topological polar surface area (TPSA) is 59.5 Å². The minimum atomic E-state index is -0.0232. The van der Waals surface area contributed by atoms with E-state index in [1.807, 2.05) is 16.5 Å². The van der Waals surface area contributed by atoms with E-state index >= 15 is 0 Å². The highest BCUT2D eigenvalue weighted by molar-refractivity contribution is 7.09. The number of methoxy groups -OCH3 is 1. The number of thiazole rings is 1. The number of carbonyl (C=O) groups excluding carboxylic acids is 2. The molecule has 0 aliphatic carbocycles. The maximum Gasteiger partial charge on any atom is 0.223 e. The van der Waals surface area contributed by atoms with Crippen molar-refractivity contribution in [2.45, 2.75) is 31.6 Å². The Morgan fingerprint density at radius 3 is 2.76 bits per heavy atom. The lowest BCUT2D eigenvalue weighted by molar-refractivity contribution is -0.132. The Morgan fingerprint density at radius 2 is 2.08 bits per heavy atom. The summed E-state index contributed by atoms with van der Waals surface area (Å²) in [5.41, 5.74) is 0.592. The molecular weight excluding hydrogens is 336 g/mol. The monoisotopic (exact) mass is 358 g/mol. The third-order valence-corrected chi connectivity index (χ3v) is 5.54. The maximum atomic E-state index is 12.4. The molecule has 2 aromatic rings. The van der Waals surface area contributed by atoms with Gasteiger partial charge in [0, 0.05) is 49.0 Å². The number of carbonyl (C=O) groups is 2. The second-order valence-electron chi connectivity index (χ2n) is 6.18. The number of benzene rings is 1. The largest absolute Gasteiger partial charge is 0.497 e. The van der Waals surface area contributed by atoms with Crippen molar-refractivity contribution < 1.29 is 14.3 Å². The van der Waals surface area contributed by atoms with Gasteiger partial charge in [0.2, 0.25) is 5.91 Å². The van der Waals surface area contributed by atoms with Gasteiger partial charge in [0.05, 0.1) is 12.1 Å². The molecule has 1 aliphatic heterocycles. The summed E-state index contributed by atoms with van der Waals surface area (Å²) in [6, 6.07) is 7.06. The average Bonchev–Trinajstić information content (AvgIpc) is 3.20. The molecule has 2 heterocycles. The molecule has 3 rings (SSSR count). The standard InChI is InChI=1S/C19H22N2O3S/c1-24-16-4-2-3-15(13-16)17(22)5-6-18(23)21-10-7-14(8-11-21)19-20-9-12-25-19/h2-4,9,12-14H,5-8,10-11H2,1H3. The number of rotatable bonds is 6. The molecule has 0 unspecified atom stereocenters. The molecule has 1 fully saturated rings. The van der Waals surface area contributed by atoms with Gasteiger partial charge in [0.1, 0.15) is 5.75 Å². The molecule has 1 aromatic carbocycles. The van der Waals surface area contributed by atoms with Crippen molar-refractivity contribution in [3.8, 4) is 5.75 Å². The number of hydrogen-bond donors (Lipinski definition) is 0. The highest BCUT2D eigenvalue weighted by Gasteiger charge is 2.25. The molecule has 1 amide bonds. The van der Waals surface area contributed by atoms with E-state index < -0.39 is 0 Å². The Labute approximate surface area is 151 Å². The van der Waals surface area contributed by atoms with Crippen molar-refractivity contribution in [1.29, 1.82) is 0 Å². The molecule has 1 aromatic heterocycles. The number of likely N-dealkylation sites (tertiary alicyclic amines) is 1. The van der Waals surface area contributed by atoms with Crippen LogP contribution in [-0.4, -0.2) is 41.8 Å². The van der Waals surface area contributed by atoms with Crippen LogP contribution in [0.4, 0.5) is 0 Å². The van der Waals surface area contributed by atoms with Gasteiger partial charge < -0.3 is 9.64 Å². The summed E-state index contributed by atoms with van der Waals surface area (Å²) in [5.74, 6) is 1.16. The normalized spacial score (nSPS) is 15.2. The van der Waals surface area contributed by atoms with Gasteiger partial charge in [-0.2, -0.15) is 0 Å². The highest BCUT2D eigenvalue weighted by atomic mass is 32.1. The summed E-state index contributed by atoms with van der Waals surface area (Å²) >= 11 is 1.68. The SMILES string of the molecule is COc1cccc(C(=O)CCC(=O)N2CCC(c3nccs3)CC2)c1. The van der Waals surface area contributed by atoms with Crippen LogP contribution in [0.3, 0.4) is 0 Å². The molecule has 6 heteroatoms. The lowest BCUT2D eigenvalue weighted by atomic mass is 9.97. The molecule has 0 saturated carbocycles. The number of nitrogens with zero attached hydrogens (tertiary/aromatic N) is 2. The van der Waals surface area contributed by atoms with Crippen LogP contribution in [0.25, 0.3) is 0 Å². The number of ketones is 1. The van der Waals surface area contributed by atoms with Crippen LogP contribution in [0.5, 0.6) is 5.75 Å². The van der Waals surface area contributed by atoms with E-state index in [1.165, 1.54) is 5.01 Å². The first kappa shape index (κ1) is 17.6. The van der Waals surface area contributed by atoms with E-state index in [1.54, 1.807) is 42.7 Å². The van der Waals surface area contributed by atoms with E-state index in [2.05, 4.69) is 4.98 Å². The molecule has 132 valence electrons. The van der Waals surface area contributed by atoms with Gasteiger partial charge in [-0.3, -0.25) is 9.59 Å². The minimum Gasteiger partial charge on any atom is -0.497 e. The summed E-state index contributed by atoms with van der Waals surface area (Å²) in [6.07, 6.45) is 4.23. The zero-order valence-electron chi connectivity index (χ0n) is 14.3. The second kappa shape index (κ2) is 8.25. The molecule has 0 atom stereocenters. The van der Waals surface area contributed by atoms with Gasteiger partial charge in [0.15, 0.2) is 5.78 Å². The van der Waals surface area contributed by atoms with Crippen molar-refractivity contribution in [3.63, 3.8) is 0 Å². The van der Waals surface area contributed by atoms with Gasteiger partial charge in [-0.25, -0.2) is 4.98 Å². The van der Waals surface area contributed by atoms with E-state index in [4.69, 9.17) is 4.74 Å².